The van der Waals surface area contributed by atoms with Crippen LogP contribution in [0.25, 0.3) is 0 Å². The molecule has 1 rings (SSSR count). The normalized spacial score (nSPS) is 11.7. The molecule has 114 valence electrons. The second kappa shape index (κ2) is 7.50. The zero-order valence-electron chi connectivity index (χ0n) is 12.0. The first-order valence-corrected chi connectivity index (χ1v) is 6.45. The largest absolute Gasteiger partial charge is 0.418 e. The first-order chi connectivity index (χ1) is 9.40. The summed E-state index contributed by atoms with van der Waals surface area (Å²) in [7, 11) is 4.95. The molecule has 0 radical (unpaired) electrons. The number of halogens is 3. The van der Waals surface area contributed by atoms with E-state index < -0.39 is 11.7 Å². The van der Waals surface area contributed by atoms with Crippen molar-refractivity contribution in [2.45, 2.75) is 19.1 Å². The zero-order chi connectivity index (χ0) is 15.2. The molecule has 0 saturated heterocycles. The highest BCUT2D eigenvalue weighted by molar-refractivity contribution is 5.56. The Morgan fingerprint density at radius 1 is 1.30 bits per heavy atom. The molecule has 0 atom stereocenters. The molecule has 0 fully saturated rings. The number of alkyl halides is 3. The third-order valence-corrected chi connectivity index (χ3v) is 3.00. The Hall–Kier alpha value is -1.27. The lowest BCUT2D eigenvalue weighted by Crippen LogP contribution is -2.23. The van der Waals surface area contributed by atoms with E-state index in [4.69, 9.17) is 4.74 Å². The van der Waals surface area contributed by atoms with Gasteiger partial charge < -0.3 is 15.0 Å². The number of hydrogen-bond acceptors (Lipinski definition) is 3. The molecule has 3 nitrogen and oxygen atoms in total. The summed E-state index contributed by atoms with van der Waals surface area (Å²) in [5.41, 5.74) is 0.229. The minimum atomic E-state index is -4.35. The van der Waals surface area contributed by atoms with E-state index in [1.165, 1.54) is 12.1 Å². The lowest BCUT2D eigenvalue weighted by molar-refractivity contribution is -0.137. The highest BCUT2D eigenvalue weighted by Crippen LogP contribution is 2.37. The summed E-state index contributed by atoms with van der Waals surface area (Å²) < 4.78 is 44.4. The smallest absolute Gasteiger partial charge is 0.385 e. The highest BCUT2D eigenvalue weighted by atomic mass is 19.4. The SMILES string of the molecule is CNCc1ccc(N(C)CCCOC)c(C(F)(F)F)c1. The van der Waals surface area contributed by atoms with Crippen LogP contribution in [0.5, 0.6) is 0 Å². The molecule has 1 aromatic rings. The van der Waals surface area contributed by atoms with Gasteiger partial charge in [0, 0.05) is 39.5 Å². The molecule has 0 aliphatic rings. The first-order valence-electron chi connectivity index (χ1n) is 6.45. The lowest BCUT2D eigenvalue weighted by atomic mass is 10.1. The Bertz CT molecular complexity index is 421. The second-order valence-electron chi connectivity index (χ2n) is 4.65. The van der Waals surface area contributed by atoms with Gasteiger partial charge in [0.1, 0.15) is 0 Å². The standard InChI is InChI=1S/C14H21F3N2O/c1-18-10-11-5-6-13(12(9-11)14(15,16)17)19(2)7-4-8-20-3/h5-6,9,18H,4,7-8,10H2,1-3H3. The van der Waals surface area contributed by atoms with Crippen molar-refractivity contribution in [1.82, 2.24) is 5.32 Å². The van der Waals surface area contributed by atoms with Crippen LogP contribution < -0.4 is 10.2 Å². The predicted molar refractivity (Wildman–Crippen MR) is 74.0 cm³/mol. The molecule has 0 spiro atoms. The van der Waals surface area contributed by atoms with E-state index in [1.54, 1.807) is 32.2 Å². The van der Waals surface area contributed by atoms with Crippen LogP contribution in [0.15, 0.2) is 18.2 Å². The third kappa shape index (κ3) is 4.68. The minimum Gasteiger partial charge on any atom is -0.385 e. The molecule has 0 bridgehead atoms. The van der Waals surface area contributed by atoms with Gasteiger partial charge in [-0.1, -0.05) is 6.07 Å². The van der Waals surface area contributed by atoms with Gasteiger partial charge in [0.25, 0.3) is 0 Å². The monoisotopic (exact) mass is 290 g/mol. The Labute approximate surface area is 117 Å². The fourth-order valence-corrected chi connectivity index (χ4v) is 2.02. The summed E-state index contributed by atoms with van der Waals surface area (Å²) in [4.78, 5) is 1.62. The van der Waals surface area contributed by atoms with Crippen LogP contribution in [0.2, 0.25) is 0 Å². The average molecular weight is 290 g/mol. The molecule has 0 aliphatic heterocycles. The van der Waals surface area contributed by atoms with E-state index in [9.17, 15) is 13.2 Å². The predicted octanol–water partition coefficient (Wildman–Crippen LogP) is 2.90. The van der Waals surface area contributed by atoms with E-state index in [-0.39, 0.29) is 5.69 Å². The van der Waals surface area contributed by atoms with Gasteiger partial charge in [-0.25, -0.2) is 0 Å². The third-order valence-electron chi connectivity index (χ3n) is 3.00. The Balaban J connectivity index is 2.99. The fourth-order valence-electron chi connectivity index (χ4n) is 2.02. The topological polar surface area (TPSA) is 24.5 Å². The van der Waals surface area contributed by atoms with Crippen LogP contribution in [0.3, 0.4) is 0 Å². The van der Waals surface area contributed by atoms with E-state index in [2.05, 4.69) is 5.32 Å². The van der Waals surface area contributed by atoms with Crippen molar-refractivity contribution in [3.63, 3.8) is 0 Å². The molecule has 1 aromatic carbocycles. The van der Waals surface area contributed by atoms with Crippen LogP contribution in [0.1, 0.15) is 17.5 Å². The summed E-state index contributed by atoms with van der Waals surface area (Å²) in [6.45, 7) is 1.46. The van der Waals surface area contributed by atoms with Gasteiger partial charge in [-0.05, 0) is 31.2 Å². The molecule has 0 amide bonds. The molecule has 0 aliphatic carbocycles. The zero-order valence-corrected chi connectivity index (χ0v) is 12.0. The first kappa shape index (κ1) is 16.8. The molecule has 0 heterocycles. The number of rotatable bonds is 7. The molecule has 0 unspecified atom stereocenters. The van der Waals surface area contributed by atoms with E-state index in [1.807, 2.05) is 0 Å². The van der Waals surface area contributed by atoms with Crippen molar-refractivity contribution in [2.24, 2.45) is 0 Å². The van der Waals surface area contributed by atoms with Gasteiger partial charge >= 0.3 is 6.18 Å². The maximum atomic E-state index is 13.1. The van der Waals surface area contributed by atoms with Crippen molar-refractivity contribution in [3.8, 4) is 0 Å². The Kier molecular flexibility index (Phi) is 6.29. The number of benzene rings is 1. The summed E-state index contributed by atoms with van der Waals surface area (Å²) >= 11 is 0. The molecular weight excluding hydrogens is 269 g/mol. The maximum Gasteiger partial charge on any atom is 0.418 e. The van der Waals surface area contributed by atoms with Crippen LogP contribution in [0, 0.1) is 0 Å². The summed E-state index contributed by atoms with van der Waals surface area (Å²) in [5.74, 6) is 0. The average Bonchev–Trinajstić information content (AvgIpc) is 2.38. The van der Waals surface area contributed by atoms with Gasteiger partial charge in [0.2, 0.25) is 0 Å². The van der Waals surface area contributed by atoms with Gasteiger partial charge in [0.15, 0.2) is 0 Å². The number of ether oxygens (including phenoxy) is 1. The Morgan fingerprint density at radius 3 is 2.55 bits per heavy atom. The van der Waals surface area contributed by atoms with Crippen molar-refractivity contribution in [2.75, 3.05) is 39.3 Å². The molecule has 1 N–H and O–H groups in total. The summed E-state index contributed by atoms with van der Waals surface area (Å²) in [5, 5.41) is 2.86. The van der Waals surface area contributed by atoms with Crippen molar-refractivity contribution in [3.05, 3.63) is 29.3 Å². The van der Waals surface area contributed by atoms with Gasteiger partial charge in [0.05, 0.1) is 5.56 Å². The maximum absolute atomic E-state index is 13.1. The van der Waals surface area contributed by atoms with Crippen LogP contribution in [-0.4, -0.2) is 34.4 Å². The van der Waals surface area contributed by atoms with Crippen LogP contribution in [0.4, 0.5) is 18.9 Å². The number of hydrogen-bond donors (Lipinski definition) is 1. The number of nitrogens with one attached hydrogen (secondary N) is 1. The van der Waals surface area contributed by atoms with Crippen LogP contribution >= 0.6 is 0 Å². The van der Waals surface area contributed by atoms with E-state index >= 15 is 0 Å². The highest BCUT2D eigenvalue weighted by Gasteiger charge is 2.34. The van der Waals surface area contributed by atoms with E-state index in [0.717, 1.165) is 0 Å². The summed E-state index contributed by atoms with van der Waals surface area (Å²) in [6, 6.07) is 4.45. The van der Waals surface area contributed by atoms with Crippen LogP contribution in [-0.2, 0) is 17.5 Å². The van der Waals surface area contributed by atoms with Crippen molar-refractivity contribution in [1.29, 1.82) is 0 Å². The summed E-state index contributed by atoms with van der Waals surface area (Å²) in [6.07, 6.45) is -3.67. The molecular formula is C14H21F3N2O. The Morgan fingerprint density at radius 2 is 2.00 bits per heavy atom. The quantitative estimate of drug-likeness (QED) is 0.782. The molecule has 20 heavy (non-hydrogen) atoms. The number of nitrogens with zero attached hydrogens (tertiary/aromatic N) is 1. The lowest BCUT2D eigenvalue weighted by Gasteiger charge is -2.24. The van der Waals surface area contributed by atoms with Gasteiger partial charge in [-0.15, -0.1) is 0 Å². The van der Waals surface area contributed by atoms with Crippen molar-refractivity contribution < 1.29 is 17.9 Å². The minimum absolute atomic E-state index is 0.202. The fraction of sp³-hybridized carbons (Fsp3) is 0.571. The van der Waals surface area contributed by atoms with Gasteiger partial charge in [-0.3, -0.25) is 0 Å². The molecule has 0 aromatic heterocycles. The van der Waals surface area contributed by atoms with Crippen molar-refractivity contribution >= 4 is 5.69 Å². The van der Waals surface area contributed by atoms with Gasteiger partial charge in [-0.2, -0.15) is 13.2 Å². The molecule has 6 heteroatoms. The second-order valence-corrected chi connectivity index (χ2v) is 4.65. The number of methoxy groups -OCH3 is 1. The molecule has 0 saturated carbocycles. The number of anilines is 1. The van der Waals surface area contributed by atoms with E-state index in [0.29, 0.717) is 31.7 Å².